The van der Waals surface area contributed by atoms with Crippen LogP contribution in [0.3, 0.4) is 0 Å². The molecular weight excluding hydrogens is 230 g/mol. The molecule has 0 aliphatic heterocycles. The van der Waals surface area contributed by atoms with Crippen LogP contribution >= 0.6 is 0 Å². The number of ether oxygens (including phenoxy) is 2. The van der Waals surface area contributed by atoms with Crippen molar-refractivity contribution in [3.05, 3.63) is 36.0 Å². The van der Waals surface area contributed by atoms with E-state index in [0.29, 0.717) is 6.61 Å². The first-order valence-electron chi connectivity index (χ1n) is 5.98. The van der Waals surface area contributed by atoms with Gasteiger partial charge in [-0.1, -0.05) is 6.92 Å². The smallest absolute Gasteiger partial charge is 0.332 e. The monoisotopic (exact) mass is 249 g/mol. The normalized spacial score (nSPS) is 10.9. The van der Waals surface area contributed by atoms with Gasteiger partial charge in [-0.05, 0) is 37.6 Å². The third-order valence-corrected chi connectivity index (χ3v) is 2.35. The van der Waals surface area contributed by atoms with Gasteiger partial charge >= 0.3 is 5.97 Å². The van der Waals surface area contributed by atoms with Crippen molar-refractivity contribution in [3.8, 4) is 5.75 Å². The number of nitrogens with one attached hydrogen (secondary N) is 1. The van der Waals surface area contributed by atoms with Gasteiger partial charge in [-0.15, -0.1) is 0 Å². The summed E-state index contributed by atoms with van der Waals surface area (Å²) in [6.07, 6.45) is 2.21. The summed E-state index contributed by atoms with van der Waals surface area (Å²) in [5, 5.41) is 3.17. The molecule has 0 fully saturated rings. The Morgan fingerprint density at radius 3 is 2.44 bits per heavy atom. The van der Waals surface area contributed by atoms with Crippen LogP contribution in [-0.4, -0.2) is 19.7 Å². The van der Waals surface area contributed by atoms with Crippen LogP contribution in [0.4, 0.5) is 5.69 Å². The molecule has 0 heterocycles. The lowest BCUT2D eigenvalue weighted by Gasteiger charge is -2.09. The molecule has 1 N–H and O–H groups in total. The first-order valence-corrected chi connectivity index (χ1v) is 5.98. The van der Waals surface area contributed by atoms with Gasteiger partial charge in [-0.2, -0.15) is 0 Å². The first kappa shape index (κ1) is 14.1. The predicted molar refractivity (Wildman–Crippen MR) is 71.6 cm³/mol. The Hall–Kier alpha value is -1.97. The molecule has 0 atom stereocenters. The van der Waals surface area contributed by atoms with Gasteiger partial charge in [0, 0.05) is 17.5 Å². The van der Waals surface area contributed by atoms with E-state index >= 15 is 0 Å². The van der Waals surface area contributed by atoms with Gasteiger partial charge in [0.15, 0.2) is 0 Å². The van der Waals surface area contributed by atoms with Crippen LogP contribution in [0.1, 0.15) is 20.3 Å². The Kier molecular flexibility index (Phi) is 5.77. The number of esters is 1. The molecule has 0 amide bonds. The number of hydrogen-bond acceptors (Lipinski definition) is 4. The van der Waals surface area contributed by atoms with Crippen LogP contribution in [0.25, 0.3) is 0 Å². The lowest BCUT2D eigenvalue weighted by molar-refractivity contribution is -0.137. The summed E-state index contributed by atoms with van der Waals surface area (Å²) in [6, 6.07) is 7.51. The van der Waals surface area contributed by atoms with Crippen LogP contribution in [0.5, 0.6) is 5.75 Å². The maximum absolute atomic E-state index is 11.3. The lowest BCUT2D eigenvalue weighted by atomic mass is 10.2. The maximum Gasteiger partial charge on any atom is 0.332 e. The fraction of sp³-hybridized carbons (Fsp3) is 0.357. The van der Waals surface area contributed by atoms with E-state index in [1.54, 1.807) is 14.0 Å². The maximum atomic E-state index is 11.3. The average molecular weight is 249 g/mol. The molecule has 4 nitrogen and oxygen atoms in total. The lowest BCUT2D eigenvalue weighted by Crippen LogP contribution is -2.05. The molecule has 0 unspecified atom stereocenters. The van der Waals surface area contributed by atoms with Crippen LogP contribution < -0.4 is 10.1 Å². The molecule has 0 aromatic heterocycles. The second kappa shape index (κ2) is 7.37. The minimum absolute atomic E-state index is 0.324. The van der Waals surface area contributed by atoms with E-state index in [2.05, 4.69) is 5.32 Å². The minimum Gasteiger partial charge on any atom is -0.497 e. The molecule has 0 saturated heterocycles. The van der Waals surface area contributed by atoms with Crippen molar-refractivity contribution in [1.82, 2.24) is 0 Å². The topological polar surface area (TPSA) is 47.6 Å². The Labute approximate surface area is 108 Å². The summed E-state index contributed by atoms with van der Waals surface area (Å²) in [6.45, 7) is 4.14. The van der Waals surface area contributed by atoms with Crippen molar-refractivity contribution in [2.24, 2.45) is 0 Å². The highest BCUT2D eigenvalue weighted by Gasteiger charge is 2.01. The Bertz CT molecular complexity index is 410. The number of carbonyl (C=O) groups excluding carboxylic acids is 1. The standard InChI is InChI=1S/C14H19NO3/c1-4-11(10-14(16)18-5-2)15-12-6-8-13(17-3)9-7-12/h6-10,15H,4-5H2,1-3H3. The number of benzene rings is 1. The molecule has 18 heavy (non-hydrogen) atoms. The molecular formula is C14H19NO3. The Morgan fingerprint density at radius 2 is 1.94 bits per heavy atom. The highest BCUT2D eigenvalue weighted by molar-refractivity contribution is 5.83. The zero-order valence-electron chi connectivity index (χ0n) is 11.0. The third-order valence-electron chi connectivity index (χ3n) is 2.35. The van der Waals surface area contributed by atoms with Crippen molar-refractivity contribution in [2.45, 2.75) is 20.3 Å². The van der Waals surface area contributed by atoms with E-state index in [4.69, 9.17) is 9.47 Å². The summed E-state index contributed by atoms with van der Waals surface area (Å²) in [7, 11) is 1.63. The summed E-state index contributed by atoms with van der Waals surface area (Å²) in [4.78, 5) is 11.3. The van der Waals surface area contributed by atoms with Gasteiger partial charge in [0.05, 0.1) is 13.7 Å². The molecule has 4 heteroatoms. The summed E-state index contributed by atoms with van der Waals surface area (Å²) in [5.41, 5.74) is 1.73. The van der Waals surface area contributed by atoms with Crippen LogP contribution in [0.15, 0.2) is 36.0 Å². The van der Waals surface area contributed by atoms with Crippen molar-refractivity contribution in [3.63, 3.8) is 0 Å². The number of hydrogen-bond donors (Lipinski definition) is 1. The van der Waals surface area contributed by atoms with Gasteiger partial charge in [0.1, 0.15) is 5.75 Å². The van der Waals surface area contributed by atoms with Crippen LogP contribution in [-0.2, 0) is 9.53 Å². The number of anilines is 1. The van der Waals surface area contributed by atoms with Gasteiger partial charge in [0.25, 0.3) is 0 Å². The summed E-state index contributed by atoms with van der Waals surface area (Å²) >= 11 is 0. The molecule has 0 aliphatic carbocycles. The molecule has 0 aliphatic rings. The summed E-state index contributed by atoms with van der Waals surface area (Å²) in [5.74, 6) is 0.475. The van der Waals surface area contributed by atoms with Crippen molar-refractivity contribution in [1.29, 1.82) is 0 Å². The van der Waals surface area contributed by atoms with E-state index in [0.717, 1.165) is 23.6 Å². The fourth-order valence-electron chi connectivity index (χ4n) is 1.41. The van der Waals surface area contributed by atoms with E-state index in [-0.39, 0.29) is 5.97 Å². The predicted octanol–water partition coefficient (Wildman–Crippen LogP) is 2.96. The van der Waals surface area contributed by atoms with Crippen molar-refractivity contribution < 1.29 is 14.3 Å². The zero-order valence-corrected chi connectivity index (χ0v) is 11.0. The second-order valence-corrected chi connectivity index (χ2v) is 3.63. The van der Waals surface area contributed by atoms with Gasteiger partial charge in [0.2, 0.25) is 0 Å². The van der Waals surface area contributed by atoms with Gasteiger partial charge in [-0.25, -0.2) is 4.79 Å². The molecule has 0 spiro atoms. The third kappa shape index (κ3) is 4.49. The van der Waals surface area contributed by atoms with E-state index in [1.165, 1.54) is 6.08 Å². The van der Waals surface area contributed by atoms with Crippen LogP contribution in [0, 0.1) is 0 Å². The van der Waals surface area contributed by atoms with E-state index < -0.39 is 0 Å². The van der Waals surface area contributed by atoms with Crippen LogP contribution in [0.2, 0.25) is 0 Å². The fourth-order valence-corrected chi connectivity index (χ4v) is 1.41. The van der Waals surface area contributed by atoms with Crippen molar-refractivity contribution in [2.75, 3.05) is 19.0 Å². The number of carbonyl (C=O) groups is 1. The average Bonchev–Trinajstić information content (AvgIpc) is 2.39. The molecule has 0 bridgehead atoms. The second-order valence-electron chi connectivity index (χ2n) is 3.63. The Morgan fingerprint density at radius 1 is 1.28 bits per heavy atom. The highest BCUT2D eigenvalue weighted by atomic mass is 16.5. The molecule has 0 radical (unpaired) electrons. The largest absolute Gasteiger partial charge is 0.497 e. The van der Waals surface area contributed by atoms with Gasteiger partial charge < -0.3 is 14.8 Å². The SMILES string of the molecule is CCOC(=O)C=C(CC)Nc1ccc(OC)cc1. The quantitative estimate of drug-likeness (QED) is 0.622. The van der Waals surface area contributed by atoms with E-state index in [9.17, 15) is 4.79 Å². The summed E-state index contributed by atoms with van der Waals surface area (Å²) < 4.78 is 9.95. The molecule has 1 aromatic carbocycles. The van der Waals surface area contributed by atoms with E-state index in [1.807, 2.05) is 31.2 Å². The Balaban J connectivity index is 2.69. The number of methoxy groups -OCH3 is 1. The highest BCUT2D eigenvalue weighted by Crippen LogP contribution is 2.17. The zero-order chi connectivity index (χ0) is 13.4. The van der Waals surface area contributed by atoms with Gasteiger partial charge in [-0.3, -0.25) is 0 Å². The van der Waals surface area contributed by atoms with Crippen molar-refractivity contribution >= 4 is 11.7 Å². The molecule has 0 saturated carbocycles. The number of allylic oxidation sites excluding steroid dienone is 1. The molecule has 1 rings (SSSR count). The molecule has 1 aromatic rings. The molecule has 98 valence electrons. The number of rotatable bonds is 6. The first-order chi connectivity index (χ1) is 8.69. The minimum atomic E-state index is -0.324.